The van der Waals surface area contributed by atoms with E-state index in [-0.39, 0.29) is 11.8 Å². The number of carbonyl (C=O) groups is 1. The number of carbonyl (C=O) groups excluding carboxylic acids is 1. The van der Waals surface area contributed by atoms with Crippen LogP contribution in [-0.4, -0.2) is 28.1 Å². The first-order chi connectivity index (χ1) is 10.1. The maximum Gasteiger partial charge on any atom is 0.235 e. The van der Waals surface area contributed by atoms with Crippen molar-refractivity contribution in [1.29, 1.82) is 0 Å². The molecule has 21 heavy (non-hydrogen) atoms. The lowest BCUT2D eigenvalue weighted by atomic mass is 9.93. The van der Waals surface area contributed by atoms with Crippen molar-refractivity contribution in [3.63, 3.8) is 0 Å². The van der Waals surface area contributed by atoms with Crippen molar-refractivity contribution in [2.24, 2.45) is 0 Å². The molecule has 1 aromatic heterocycles. The van der Waals surface area contributed by atoms with Gasteiger partial charge in [-0.1, -0.05) is 37.3 Å². The molecule has 0 aliphatic rings. The largest absolute Gasteiger partial charge is 0.424 e. The van der Waals surface area contributed by atoms with Gasteiger partial charge in [0.05, 0.1) is 6.54 Å². The number of aromatic nitrogens is 2. The fourth-order valence-corrected chi connectivity index (χ4v) is 2.28. The fraction of sp³-hybridized carbons (Fsp3) is 0.438. The lowest BCUT2D eigenvalue weighted by molar-refractivity contribution is -0.131. The molecule has 0 aliphatic carbocycles. The first-order valence-corrected chi connectivity index (χ1v) is 7.18. The quantitative estimate of drug-likeness (QED) is 0.819. The molecule has 2 rings (SSSR count). The van der Waals surface area contributed by atoms with E-state index in [1.807, 2.05) is 18.2 Å². The Morgan fingerprint density at radius 2 is 2.00 bits per heavy atom. The number of benzene rings is 1. The molecule has 0 spiro atoms. The third kappa shape index (κ3) is 4.15. The Morgan fingerprint density at radius 3 is 2.57 bits per heavy atom. The third-order valence-electron chi connectivity index (χ3n) is 3.55. The monoisotopic (exact) mass is 287 g/mol. The summed E-state index contributed by atoms with van der Waals surface area (Å²) >= 11 is 0. The maximum absolute atomic E-state index is 12.3. The number of hydrogen-bond donors (Lipinski definition) is 0. The van der Waals surface area contributed by atoms with Crippen LogP contribution in [0.2, 0.25) is 0 Å². The highest BCUT2D eigenvalue weighted by Crippen LogP contribution is 2.23. The van der Waals surface area contributed by atoms with Crippen LogP contribution >= 0.6 is 0 Å². The van der Waals surface area contributed by atoms with Crippen LogP contribution in [0.25, 0.3) is 0 Å². The van der Waals surface area contributed by atoms with Crippen molar-refractivity contribution in [3.8, 4) is 0 Å². The van der Waals surface area contributed by atoms with Gasteiger partial charge in [-0.25, -0.2) is 0 Å². The molecule has 5 nitrogen and oxygen atoms in total. The zero-order chi connectivity index (χ0) is 15.2. The second-order valence-electron chi connectivity index (χ2n) is 5.18. The topological polar surface area (TPSA) is 59.2 Å². The molecule has 1 unspecified atom stereocenters. The molecule has 0 N–H and O–H groups in total. The molecule has 1 aromatic carbocycles. The summed E-state index contributed by atoms with van der Waals surface area (Å²) in [5.74, 6) is 1.31. The SMILES string of the molecule is CCC(CC(=O)N(C)Cc1nnc(C)o1)c1ccccc1. The minimum atomic E-state index is 0.0848. The van der Waals surface area contributed by atoms with Crippen molar-refractivity contribution in [3.05, 3.63) is 47.7 Å². The van der Waals surface area contributed by atoms with E-state index < -0.39 is 0 Å². The van der Waals surface area contributed by atoms with E-state index in [1.165, 1.54) is 5.56 Å². The summed E-state index contributed by atoms with van der Waals surface area (Å²) < 4.78 is 5.30. The van der Waals surface area contributed by atoms with Gasteiger partial charge in [-0.2, -0.15) is 0 Å². The minimum Gasteiger partial charge on any atom is -0.424 e. The zero-order valence-corrected chi connectivity index (χ0v) is 12.7. The van der Waals surface area contributed by atoms with Crippen LogP contribution in [0, 0.1) is 6.92 Å². The molecule has 1 atom stereocenters. The van der Waals surface area contributed by atoms with Gasteiger partial charge in [0.2, 0.25) is 17.7 Å². The predicted molar refractivity (Wildman–Crippen MR) is 79.6 cm³/mol. The summed E-state index contributed by atoms with van der Waals surface area (Å²) in [7, 11) is 1.76. The van der Waals surface area contributed by atoms with Gasteiger partial charge in [0.15, 0.2) is 0 Å². The van der Waals surface area contributed by atoms with Crippen molar-refractivity contribution >= 4 is 5.91 Å². The summed E-state index contributed by atoms with van der Waals surface area (Å²) in [6, 6.07) is 10.1. The minimum absolute atomic E-state index is 0.0848. The molecule has 0 aliphatic heterocycles. The summed E-state index contributed by atoms with van der Waals surface area (Å²) in [4.78, 5) is 14.0. The number of hydrogen-bond acceptors (Lipinski definition) is 4. The van der Waals surface area contributed by atoms with E-state index in [0.29, 0.717) is 24.7 Å². The van der Waals surface area contributed by atoms with E-state index >= 15 is 0 Å². The molecule has 0 saturated carbocycles. The van der Waals surface area contributed by atoms with Crippen LogP contribution < -0.4 is 0 Å². The molecule has 0 radical (unpaired) electrons. The van der Waals surface area contributed by atoms with Gasteiger partial charge < -0.3 is 9.32 Å². The van der Waals surface area contributed by atoms with Gasteiger partial charge in [0, 0.05) is 20.4 Å². The standard InChI is InChI=1S/C16H21N3O2/c1-4-13(14-8-6-5-7-9-14)10-16(20)19(3)11-15-18-17-12(2)21-15/h5-9,13H,4,10-11H2,1-3H3. The van der Waals surface area contributed by atoms with Gasteiger partial charge in [0.1, 0.15) is 0 Å². The number of rotatable bonds is 6. The Balaban J connectivity index is 1.96. The van der Waals surface area contributed by atoms with Crippen LogP contribution in [0.5, 0.6) is 0 Å². The van der Waals surface area contributed by atoms with E-state index in [2.05, 4.69) is 29.3 Å². The summed E-state index contributed by atoms with van der Waals surface area (Å²) in [5, 5.41) is 7.68. The fourth-order valence-electron chi connectivity index (χ4n) is 2.28. The van der Waals surface area contributed by atoms with Crippen LogP contribution in [0.1, 0.15) is 43.0 Å². The predicted octanol–water partition coefficient (Wildman–Crippen LogP) is 2.92. The molecular formula is C16H21N3O2. The number of aryl methyl sites for hydroxylation is 1. The van der Waals surface area contributed by atoms with Crippen LogP contribution in [0.4, 0.5) is 0 Å². The Labute approximate surface area is 125 Å². The molecule has 1 heterocycles. The lowest BCUT2D eigenvalue weighted by Crippen LogP contribution is -2.27. The van der Waals surface area contributed by atoms with E-state index in [4.69, 9.17) is 4.42 Å². The van der Waals surface area contributed by atoms with Crippen molar-refractivity contribution in [1.82, 2.24) is 15.1 Å². The summed E-state index contributed by atoms with van der Waals surface area (Å²) in [6.45, 7) is 4.19. The van der Waals surface area contributed by atoms with Gasteiger partial charge in [-0.05, 0) is 17.9 Å². The smallest absolute Gasteiger partial charge is 0.235 e. The lowest BCUT2D eigenvalue weighted by Gasteiger charge is -2.20. The van der Waals surface area contributed by atoms with E-state index in [1.54, 1.807) is 18.9 Å². The Kier molecular flexibility index (Phi) is 5.09. The second kappa shape index (κ2) is 7.02. The number of nitrogens with zero attached hydrogens (tertiary/aromatic N) is 3. The highest BCUT2D eigenvalue weighted by molar-refractivity contribution is 5.76. The summed E-state index contributed by atoms with van der Waals surface area (Å²) in [6.07, 6.45) is 1.42. The highest BCUT2D eigenvalue weighted by Gasteiger charge is 2.18. The summed E-state index contributed by atoms with van der Waals surface area (Å²) in [5.41, 5.74) is 1.20. The second-order valence-corrected chi connectivity index (χ2v) is 5.18. The van der Waals surface area contributed by atoms with Gasteiger partial charge >= 0.3 is 0 Å². The Hall–Kier alpha value is -2.17. The van der Waals surface area contributed by atoms with Crippen LogP contribution in [0.15, 0.2) is 34.7 Å². The number of amides is 1. The van der Waals surface area contributed by atoms with Crippen LogP contribution in [0.3, 0.4) is 0 Å². The molecule has 5 heteroatoms. The molecule has 1 amide bonds. The normalized spacial score (nSPS) is 12.1. The third-order valence-corrected chi connectivity index (χ3v) is 3.55. The van der Waals surface area contributed by atoms with Gasteiger partial charge in [-0.3, -0.25) is 4.79 Å². The van der Waals surface area contributed by atoms with E-state index in [0.717, 1.165) is 6.42 Å². The van der Waals surface area contributed by atoms with Crippen molar-refractivity contribution in [2.75, 3.05) is 7.05 Å². The van der Waals surface area contributed by atoms with Gasteiger partial charge in [0.25, 0.3) is 0 Å². The Morgan fingerprint density at radius 1 is 1.29 bits per heavy atom. The first kappa shape index (κ1) is 15.2. The molecule has 112 valence electrons. The molecule has 0 saturated heterocycles. The van der Waals surface area contributed by atoms with Gasteiger partial charge in [-0.15, -0.1) is 10.2 Å². The Bertz CT molecular complexity index is 580. The average Bonchev–Trinajstić information content (AvgIpc) is 2.90. The van der Waals surface area contributed by atoms with E-state index in [9.17, 15) is 4.79 Å². The maximum atomic E-state index is 12.3. The highest BCUT2D eigenvalue weighted by atomic mass is 16.4. The zero-order valence-electron chi connectivity index (χ0n) is 12.7. The molecule has 0 bridgehead atoms. The first-order valence-electron chi connectivity index (χ1n) is 7.18. The molecule has 0 fully saturated rings. The van der Waals surface area contributed by atoms with Crippen molar-refractivity contribution in [2.45, 2.75) is 39.2 Å². The van der Waals surface area contributed by atoms with Crippen molar-refractivity contribution < 1.29 is 9.21 Å². The average molecular weight is 287 g/mol. The molecular weight excluding hydrogens is 266 g/mol. The van der Waals surface area contributed by atoms with Crippen LogP contribution in [-0.2, 0) is 11.3 Å². The molecule has 2 aromatic rings.